The van der Waals surface area contributed by atoms with Crippen molar-refractivity contribution in [2.75, 3.05) is 24.7 Å². The van der Waals surface area contributed by atoms with E-state index in [1.807, 2.05) is 32.3 Å². The fourth-order valence-electron chi connectivity index (χ4n) is 3.16. The van der Waals surface area contributed by atoms with Crippen LogP contribution in [0.3, 0.4) is 0 Å². The molecule has 8 heteroatoms. The minimum absolute atomic E-state index is 0.0755. The van der Waals surface area contributed by atoms with Crippen LogP contribution in [-0.2, 0) is 13.0 Å². The average Bonchev–Trinajstić information content (AvgIpc) is 2.72. The summed E-state index contributed by atoms with van der Waals surface area (Å²) in [6.07, 6.45) is 1.97. The molecule has 0 bridgehead atoms. The zero-order valence-electron chi connectivity index (χ0n) is 17.1. The molecule has 0 atom stereocenters. The van der Waals surface area contributed by atoms with Crippen molar-refractivity contribution in [1.29, 1.82) is 0 Å². The van der Waals surface area contributed by atoms with Crippen LogP contribution >= 0.6 is 23.5 Å². The highest BCUT2D eigenvalue weighted by Crippen LogP contribution is 2.42. The maximum Gasteiger partial charge on any atom is 0.253 e. The molecule has 0 aliphatic heterocycles. The molecule has 158 valence electrons. The van der Waals surface area contributed by atoms with Crippen LogP contribution in [0.2, 0.25) is 5.02 Å². The van der Waals surface area contributed by atoms with E-state index in [1.165, 1.54) is 17.5 Å². The fraction of sp³-hybridized carbons (Fsp3) is 0.273. The number of hydrogen-bond donors (Lipinski definition) is 3. The second-order valence-electron chi connectivity index (χ2n) is 7.08. The molecule has 3 aromatic carbocycles. The lowest BCUT2D eigenvalue weighted by atomic mass is 10.0. The zero-order valence-corrected chi connectivity index (χ0v) is 18.7. The molecule has 0 heterocycles. The van der Waals surface area contributed by atoms with Crippen molar-refractivity contribution >= 4 is 40.6 Å². The summed E-state index contributed by atoms with van der Waals surface area (Å²) in [5.41, 5.74) is 1.79. The molecule has 0 radical (unpaired) electrons. The molecule has 30 heavy (non-hydrogen) atoms. The van der Waals surface area contributed by atoms with Crippen molar-refractivity contribution < 1.29 is 5.11 Å². The highest BCUT2D eigenvalue weighted by molar-refractivity contribution is 7.97. The highest BCUT2D eigenvalue weighted by atomic mass is 35.5. The number of aromatic hydroxyl groups is 1. The van der Waals surface area contributed by atoms with E-state index in [9.17, 15) is 14.7 Å². The first-order chi connectivity index (χ1) is 14.3. The summed E-state index contributed by atoms with van der Waals surface area (Å²) >= 11 is 7.45. The standard InChI is InChI=1S/C22H24ClN3O3S/c1-4-7-13-8-5-6-9-14(13)12-24-17-18(21(29)20(17)28)25-16-11-10-15(23)22(19(16)27)30-26(2)3/h5-6,8-11,24-25,27H,4,7,12H2,1-3H3. The van der Waals surface area contributed by atoms with Gasteiger partial charge in [-0.3, -0.25) is 13.9 Å². The van der Waals surface area contributed by atoms with Gasteiger partial charge in [0.15, 0.2) is 5.75 Å². The molecule has 3 aromatic rings. The van der Waals surface area contributed by atoms with Gasteiger partial charge < -0.3 is 15.7 Å². The summed E-state index contributed by atoms with van der Waals surface area (Å²) in [6, 6.07) is 11.2. The SMILES string of the molecule is CCCc1ccccc1CNc1c(Nc2ccc(Cl)c(SN(C)C)c2O)c(=O)c1=O. The summed E-state index contributed by atoms with van der Waals surface area (Å²) in [5.74, 6) is -0.0755. The summed E-state index contributed by atoms with van der Waals surface area (Å²) < 4.78 is 1.79. The molecule has 0 amide bonds. The fourth-order valence-corrected chi connectivity index (χ4v) is 4.13. The summed E-state index contributed by atoms with van der Waals surface area (Å²) in [6.45, 7) is 2.55. The molecule has 0 aromatic heterocycles. The molecular weight excluding hydrogens is 422 g/mol. The minimum Gasteiger partial charge on any atom is -0.505 e. The van der Waals surface area contributed by atoms with Gasteiger partial charge in [0.2, 0.25) is 0 Å². The van der Waals surface area contributed by atoms with Crippen LogP contribution in [0.1, 0.15) is 24.5 Å². The predicted molar refractivity (Wildman–Crippen MR) is 125 cm³/mol. The Hall–Kier alpha value is -2.48. The summed E-state index contributed by atoms with van der Waals surface area (Å²) in [5, 5.41) is 17.0. The number of benzene rings is 2. The zero-order chi connectivity index (χ0) is 21.8. The minimum atomic E-state index is -0.615. The van der Waals surface area contributed by atoms with Crippen molar-refractivity contribution in [1.82, 2.24) is 4.31 Å². The van der Waals surface area contributed by atoms with Gasteiger partial charge in [-0.25, -0.2) is 0 Å². The van der Waals surface area contributed by atoms with E-state index in [-0.39, 0.29) is 17.1 Å². The van der Waals surface area contributed by atoms with E-state index in [0.717, 1.165) is 18.4 Å². The Balaban J connectivity index is 1.83. The Morgan fingerprint density at radius 1 is 1.03 bits per heavy atom. The van der Waals surface area contributed by atoms with Crippen molar-refractivity contribution in [3.63, 3.8) is 0 Å². The van der Waals surface area contributed by atoms with E-state index < -0.39 is 10.9 Å². The lowest BCUT2D eigenvalue weighted by molar-refractivity contribution is 0.464. The third kappa shape index (κ3) is 4.64. The number of anilines is 3. The number of halogens is 1. The molecular formula is C22H24ClN3O3S. The van der Waals surface area contributed by atoms with E-state index in [2.05, 4.69) is 23.6 Å². The van der Waals surface area contributed by atoms with Crippen molar-refractivity contribution in [3.8, 4) is 5.75 Å². The molecule has 0 fully saturated rings. The lowest BCUT2D eigenvalue weighted by Gasteiger charge is -2.18. The molecule has 0 saturated carbocycles. The summed E-state index contributed by atoms with van der Waals surface area (Å²) in [4.78, 5) is 24.8. The molecule has 0 saturated heterocycles. The smallest absolute Gasteiger partial charge is 0.253 e. The number of nitrogens with zero attached hydrogens (tertiary/aromatic N) is 1. The number of phenolic OH excluding ortho intramolecular Hbond substituents is 1. The largest absolute Gasteiger partial charge is 0.505 e. The molecule has 0 aliphatic rings. The van der Waals surface area contributed by atoms with Gasteiger partial charge in [0.1, 0.15) is 11.4 Å². The molecule has 6 nitrogen and oxygen atoms in total. The normalized spacial score (nSPS) is 11.2. The number of nitrogens with one attached hydrogen (secondary N) is 2. The van der Waals surface area contributed by atoms with Crippen LogP contribution in [0.5, 0.6) is 5.75 Å². The first-order valence-electron chi connectivity index (χ1n) is 9.61. The predicted octanol–water partition coefficient (Wildman–Crippen LogP) is 4.52. The first kappa shape index (κ1) is 22.2. The summed E-state index contributed by atoms with van der Waals surface area (Å²) in [7, 11) is 3.66. The maximum atomic E-state index is 12.2. The van der Waals surface area contributed by atoms with Crippen molar-refractivity contribution in [2.24, 2.45) is 0 Å². The Morgan fingerprint density at radius 2 is 1.70 bits per heavy atom. The van der Waals surface area contributed by atoms with Crippen LogP contribution in [0, 0.1) is 0 Å². The third-order valence-electron chi connectivity index (χ3n) is 4.62. The van der Waals surface area contributed by atoms with Crippen LogP contribution in [0.4, 0.5) is 17.1 Å². The highest BCUT2D eigenvalue weighted by Gasteiger charge is 2.23. The van der Waals surface area contributed by atoms with Gasteiger partial charge in [-0.15, -0.1) is 0 Å². The molecule has 3 N–H and O–H groups in total. The van der Waals surface area contributed by atoms with Crippen LogP contribution < -0.4 is 21.5 Å². The van der Waals surface area contributed by atoms with Crippen molar-refractivity contribution in [3.05, 3.63) is 73.0 Å². The maximum absolute atomic E-state index is 12.2. The molecule has 0 aliphatic carbocycles. The number of phenols is 1. The van der Waals surface area contributed by atoms with Gasteiger partial charge in [-0.2, -0.15) is 0 Å². The van der Waals surface area contributed by atoms with Gasteiger partial charge in [0, 0.05) is 6.54 Å². The molecule has 3 rings (SSSR count). The topological polar surface area (TPSA) is 81.7 Å². The molecule has 0 spiro atoms. The lowest BCUT2D eigenvalue weighted by Crippen LogP contribution is -2.36. The Morgan fingerprint density at radius 3 is 2.37 bits per heavy atom. The number of hydrogen-bond acceptors (Lipinski definition) is 7. The quantitative estimate of drug-likeness (QED) is 0.254. The van der Waals surface area contributed by atoms with Gasteiger partial charge in [0.05, 0.1) is 15.6 Å². The monoisotopic (exact) mass is 445 g/mol. The van der Waals surface area contributed by atoms with E-state index in [0.29, 0.717) is 22.2 Å². The number of rotatable bonds is 9. The first-order valence-corrected chi connectivity index (χ1v) is 10.8. The average molecular weight is 446 g/mol. The Kier molecular flexibility index (Phi) is 7.07. The van der Waals surface area contributed by atoms with Crippen molar-refractivity contribution in [2.45, 2.75) is 31.2 Å². The van der Waals surface area contributed by atoms with Gasteiger partial charge in [-0.1, -0.05) is 49.2 Å². The van der Waals surface area contributed by atoms with Crippen LogP contribution in [-0.4, -0.2) is 23.5 Å². The van der Waals surface area contributed by atoms with E-state index >= 15 is 0 Å². The van der Waals surface area contributed by atoms with E-state index in [1.54, 1.807) is 16.4 Å². The Labute approximate surface area is 184 Å². The third-order valence-corrected chi connectivity index (χ3v) is 6.01. The van der Waals surface area contributed by atoms with E-state index in [4.69, 9.17) is 11.6 Å². The molecule has 0 unspecified atom stereocenters. The number of aryl methyl sites for hydroxylation is 1. The van der Waals surface area contributed by atoms with Gasteiger partial charge in [0.25, 0.3) is 10.9 Å². The second kappa shape index (κ2) is 9.55. The van der Waals surface area contributed by atoms with Crippen LogP contribution in [0.15, 0.2) is 50.9 Å². The Bertz CT molecular complexity index is 1120. The second-order valence-corrected chi connectivity index (χ2v) is 8.81. The van der Waals surface area contributed by atoms with Gasteiger partial charge >= 0.3 is 0 Å². The van der Waals surface area contributed by atoms with Gasteiger partial charge in [-0.05, 0) is 55.7 Å². The van der Waals surface area contributed by atoms with Crippen LogP contribution in [0.25, 0.3) is 0 Å².